The maximum absolute atomic E-state index is 13.1. The molecular formula is C17H20FN. The summed E-state index contributed by atoms with van der Waals surface area (Å²) in [6, 6.07) is 13.0. The lowest BCUT2D eigenvalue weighted by Gasteiger charge is -2.28. The molecule has 0 radical (unpaired) electrons. The molecule has 0 fully saturated rings. The first kappa shape index (κ1) is 13.8. The first-order valence-electron chi connectivity index (χ1n) is 6.50. The summed E-state index contributed by atoms with van der Waals surface area (Å²) in [5.74, 6) is -0.198. The predicted molar refractivity (Wildman–Crippen MR) is 77.6 cm³/mol. The summed E-state index contributed by atoms with van der Waals surface area (Å²) in [6.07, 6.45) is 0.698. The zero-order valence-electron chi connectivity index (χ0n) is 11.7. The Labute approximate surface area is 114 Å². The van der Waals surface area contributed by atoms with Gasteiger partial charge in [-0.1, -0.05) is 30.3 Å². The number of nitrogens with two attached hydrogens (primary N) is 1. The normalized spacial score (nSPS) is 14.2. The minimum atomic E-state index is -0.450. The maximum Gasteiger partial charge on any atom is 0.123 e. The Morgan fingerprint density at radius 3 is 2.37 bits per heavy atom. The van der Waals surface area contributed by atoms with Gasteiger partial charge in [0, 0.05) is 5.54 Å². The van der Waals surface area contributed by atoms with Crippen molar-refractivity contribution >= 4 is 0 Å². The van der Waals surface area contributed by atoms with E-state index >= 15 is 0 Å². The molecule has 0 aliphatic heterocycles. The van der Waals surface area contributed by atoms with Gasteiger partial charge in [0.25, 0.3) is 0 Å². The fraction of sp³-hybridized carbons (Fsp3) is 0.294. The van der Waals surface area contributed by atoms with E-state index in [0.717, 1.165) is 16.7 Å². The Morgan fingerprint density at radius 2 is 1.74 bits per heavy atom. The largest absolute Gasteiger partial charge is 0.321 e. The van der Waals surface area contributed by atoms with E-state index in [1.165, 1.54) is 11.6 Å². The molecule has 0 saturated heterocycles. The van der Waals surface area contributed by atoms with Crippen LogP contribution < -0.4 is 5.73 Å². The lowest BCUT2D eigenvalue weighted by atomic mass is 9.83. The van der Waals surface area contributed by atoms with Gasteiger partial charge in [-0.15, -0.1) is 0 Å². The molecule has 1 atom stereocenters. The van der Waals surface area contributed by atoms with Crippen molar-refractivity contribution in [3.8, 4) is 0 Å². The molecule has 2 heteroatoms. The lowest BCUT2D eigenvalue weighted by Crippen LogP contribution is -2.36. The Balaban J connectivity index is 2.33. The van der Waals surface area contributed by atoms with Gasteiger partial charge in [-0.25, -0.2) is 4.39 Å². The number of rotatable bonds is 3. The molecule has 1 nitrogen and oxygen atoms in total. The van der Waals surface area contributed by atoms with Crippen LogP contribution in [-0.4, -0.2) is 0 Å². The van der Waals surface area contributed by atoms with E-state index in [1.54, 1.807) is 6.07 Å². The molecule has 2 aromatic rings. The summed E-state index contributed by atoms with van der Waals surface area (Å²) < 4.78 is 13.1. The highest BCUT2D eigenvalue weighted by Crippen LogP contribution is 2.26. The molecule has 2 rings (SSSR count). The SMILES string of the molecule is Cc1cc(F)ccc1CC(C)(N)c1ccccc1C. The molecule has 2 N–H and O–H groups in total. The molecule has 0 aromatic heterocycles. The maximum atomic E-state index is 13.1. The van der Waals surface area contributed by atoms with Gasteiger partial charge < -0.3 is 5.73 Å². The quantitative estimate of drug-likeness (QED) is 0.887. The van der Waals surface area contributed by atoms with Crippen molar-refractivity contribution in [1.29, 1.82) is 0 Å². The molecule has 0 spiro atoms. The molecule has 2 aromatic carbocycles. The third kappa shape index (κ3) is 3.02. The van der Waals surface area contributed by atoms with Gasteiger partial charge in [0.1, 0.15) is 5.82 Å². The fourth-order valence-corrected chi connectivity index (χ4v) is 2.56. The Morgan fingerprint density at radius 1 is 1.05 bits per heavy atom. The molecule has 0 bridgehead atoms. The fourth-order valence-electron chi connectivity index (χ4n) is 2.56. The number of aryl methyl sites for hydroxylation is 2. The van der Waals surface area contributed by atoms with Crippen LogP contribution in [0.1, 0.15) is 29.2 Å². The first-order valence-corrected chi connectivity index (χ1v) is 6.50. The summed E-state index contributed by atoms with van der Waals surface area (Å²) in [5, 5.41) is 0. The van der Waals surface area contributed by atoms with Gasteiger partial charge >= 0.3 is 0 Å². The highest BCUT2D eigenvalue weighted by atomic mass is 19.1. The van der Waals surface area contributed by atoms with Gasteiger partial charge in [0.2, 0.25) is 0 Å². The Kier molecular flexibility index (Phi) is 3.72. The van der Waals surface area contributed by atoms with Gasteiger partial charge in [-0.2, -0.15) is 0 Å². The van der Waals surface area contributed by atoms with Crippen molar-refractivity contribution in [1.82, 2.24) is 0 Å². The van der Waals surface area contributed by atoms with Crippen LogP contribution in [0.15, 0.2) is 42.5 Å². The molecule has 19 heavy (non-hydrogen) atoms. The van der Waals surface area contributed by atoms with Gasteiger partial charge in [0.05, 0.1) is 0 Å². The van der Waals surface area contributed by atoms with Crippen molar-refractivity contribution in [3.05, 3.63) is 70.5 Å². The zero-order valence-corrected chi connectivity index (χ0v) is 11.7. The summed E-state index contributed by atoms with van der Waals surface area (Å²) in [7, 11) is 0. The minimum Gasteiger partial charge on any atom is -0.321 e. The summed E-state index contributed by atoms with van der Waals surface area (Å²) in [4.78, 5) is 0. The monoisotopic (exact) mass is 257 g/mol. The smallest absolute Gasteiger partial charge is 0.123 e. The molecule has 100 valence electrons. The van der Waals surface area contributed by atoms with E-state index in [2.05, 4.69) is 19.1 Å². The van der Waals surface area contributed by atoms with Crippen molar-refractivity contribution < 1.29 is 4.39 Å². The van der Waals surface area contributed by atoms with Crippen LogP contribution in [0.25, 0.3) is 0 Å². The van der Waals surface area contributed by atoms with E-state index in [4.69, 9.17) is 5.73 Å². The molecule has 0 heterocycles. The highest BCUT2D eigenvalue weighted by Gasteiger charge is 2.24. The predicted octanol–water partition coefficient (Wildman–Crippen LogP) is 3.86. The van der Waals surface area contributed by atoms with Crippen molar-refractivity contribution in [2.45, 2.75) is 32.7 Å². The van der Waals surface area contributed by atoms with Gasteiger partial charge in [0.15, 0.2) is 0 Å². The van der Waals surface area contributed by atoms with Crippen LogP contribution in [0.5, 0.6) is 0 Å². The third-order valence-electron chi connectivity index (χ3n) is 3.62. The van der Waals surface area contributed by atoms with Crippen LogP contribution in [0.2, 0.25) is 0 Å². The van der Waals surface area contributed by atoms with Crippen LogP contribution in [0.3, 0.4) is 0 Å². The second kappa shape index (κ2) is 5.14. The van der Waals surface area contributed by atoms with Crippen LogP contribution in [0.4, 0.5) is 4.39 Å². The topological polar surface area (TPSA) is 26.0 Å². The van der Waals surface area contributed by atoms with Crippen LogP contribution in [0, 0.1) is 19.7 Å². The van der Waals surface area contributed by atoms with E-state index in [-0.39, 0.29) is 5.82 Å². The van der Waals surface area contributed by atoms with Crippen molar-refractivity contribution in [2.24, 2.45) is 5.73 Å². The average Bonchev–Trinajstić information content (AvgIpc) is 2.33. The van der Waals surface area contributed by atoms with Crippen LogP contribution in [-0.2, 0) is 12.0 Å². The van der Waals surface area contributed by atoms with Crippen molar-refractivity contribution in [3.63, 3.8) is 0 Å². The van der Waals surface area contributed by atoms with Gasteiger partial charge in [-0.05, 0) is 61.6 Å². The highest BCUT2D eigenvalue weighted by molar-refractivity contribution is 5.36. The molecule has 1 unspecified atom stereocenters. The Hall–Kier alpha value is -1.67. The lowest BCUT2D eigenvalue weighted by molar-refractivity contribution is 0.486. The molecule has 0 saturated carbocycles. The summed E-state index contributed by atoms with van der Waals surface area (Å²) >= 11 is 0. The summed E-state index contributed by atoms with van der Waals surface area (Å²) in [6.45, 7) is 6.02. The first-order chi connectivity index (χ1) is 8.90. The van der Waals surface area contributed by atoms with E-state index < -0.39 is 5.54 Å². The van der Waals surface area contributed by atoms with E-state index in [9.17, 15) is 4.39 Å². The van der Waals surface area contributed by atoms with E-state index in [1.807, 2.05) is 32.0 Å². The molecule has 0 aliphatic carbocycles. The molecule has 0 aliphatic rings. The van der Waals surface area contributed by atoms with E-state index in [0.29, 0.717) is 6.42 Å². The summed E-state index contributed by atoms with van der Waals surface area (Å²) in [5.41, 5.74) is 10.4. The molecule has 0 amide bonds. The number of benzene rings is 2. The number of hydrogen-bond acceptors (Lipinski definition) is 1. The van der Waals surface area contributed by atoms with Crippen molar-refractivity contribution in [2.75, 3.05) is 0 Å². The minimum absolute atomic E-state index is 0.198. The van der Waals surface area contributed by atoms with Crippen LogP contribution >= 0.6 is 0 Å². The second-order valence-electron chi connectivity index (χ2n) is 5.48. The standard InChI is InChI=1S/C17H20FN/c1-12-6-4-5-7-16(12)17(3,19)11-14-8-9-15(18)10-13(14)2/h4-10H,11,19H2,1-3H3. The van der Waals surface area contributed by atoms with Gasteiger partial charge in [-0.3, -0.25) is 0 Å². The second-order valence-corrected chi connectivity index (χ2v) is 5.48. The average molecular weight is 257 g/mol. The number of halogens is 1. The third-order valence-corrected chi connectivity index (χ3v) is 3.62. The number of hydrogen-bond donors (Lipinski definition) is 1. The zero-order chi connectivity index (χ0) is 14.0. The Bertz CT molecular complexity index is 588. The molecular weight excluding hydrogens is 237 g/mol.